The van der Waals surface area contributed by atoms with Crippen molar-refractivity contribution in [3.63, 3.8) is 0 Å². The number of carbonyl (C=O) groups excluding carboxylic acids is 3. The van der Waals surface area contributed by atoms with Gasteiger partial charge in [0.15, 0.2) is 5.78 Å². The number of ketones is 1. The predicted octanol–water partition coefficient (Wildman–Crippen LogP) is 2.24. The summed E-state index contributed by atoms with van der Waals surface area (Å²) in [6.07, 6.45) is 4.86. The van der Waals surface area contributed by atoms with Gasteiger partial charge in [-0.05, 0) is 47.9 Å². The van der Waals surface area contributed by atoms with Crippen molar-refractivity contribution in [2.24, 2.45) is 0 Å². The van der Waals surface area contributed by atoms with E-state index in [4.69, 9.17) is 0 Å². The van der Waals surface area contributed by atoms with E-state index in [1.807, 2.05) is 12.1 Å². The van der Waals surface area contributed by atoms with E-state index in [9.17, 15) is 14.4 Å². The Balaban J connectivity index is 1.48. The average molecular weight is 351 g/mol. The maximum Gasteiger partial charge on any atom is 0.228 e. The van der Waals surface area contributed by atoms with Crippen molar-refractivity contribution in [3.05, 3.63) is 59.4 Å². The highest BCUT2D eigenvalue weighted by Gasteiger charge is 2.19. The fraction of sp³-hybridized carbons (Fsp3) is 0.300. The molecule has 2 amide bonds. The number of hydrogen-bond acceptors (Lipinski definition) is 4. The molecular formula is C20H21N3O3. The summed E-state index contributed by atoms with van der Waals surface area (Å²) in [5.41, 5.74) is 3.27. The summed E-state index contributed by atoms with van der Waals surface area (Å²) in [6.45, 7) is 0.601. The second-order valence-corrected chi connectivity index (χ2v) is 6.44. The Morgan fingerprint density at radius 2 is 1.92 bits per heavy atom. The van der Waals surface area contributed by atoms with E-state index in [1.54, 1.807) is 42.5 Å². The zero-order valence-electron chi connectivity index (χ0n) is 14.7. The third-order valence-electron chi connectivity index (χ3n) is 4.53. The number of amides is 2. The van der Waals surface area contributed by atoms with Crippen LogP contribution in [0.2, 0.25) is 0 Å². The smallest absolute Gasteiger partial charge is 0.228 e. The second kappa shape index (κ2) is 7.91. The van der Waals surface area contributed by atoms with Crippen molar-refractivity contribution in [1.29, 1.82) is 0 Å². The van der Waals surface area contributed by atoms with Gasteiger partial charge in [0.1, 0.15) is 0 Å². The van der Waals surface area contributed by atoms with E-state index < -0.39 is 0 Å². The number of Topliss-reactive ketones (excluding diaryl/α,β-unsaturated/α-hetero) is 1. The Morgan fingerprint density at radius 3 is 2.69 bits per heavy atom. The molecule has 0 unspecified atom stereocenters. The lowest BCUT2D eigenvalue weighted by atomic mass is 10.0. The van der Waals surface area contributed by atoms with Gasteiger partial charge in [-0.2, -0.15) is 0 Å². The number of benzene rings is 1. The molecule has 0 aliphatic carbocycles. The van der Waals surface area contributed by atoms with Crippen molar-refractivity contribution in [2.45, 2.75) is 25.7 Å². The SMILES string of the molecule is CN(CCc1ccncc1)C(=O)CCC(=O)c1ccc2c(c1)CC(=O)N2. The van der Waals surface area contributed by atoms with Crippen LogP contribution in [0.4, 0.5) is 5.69 Å². The normalized spacial score (nSPS) is 12.4. The zero-order valence-corrected chi connectivity index (χ0v) is 14.7. The molecule has 0 bridgehead atoms. The fourth-order valence-electron chi connectivity index (χ4n) is 2.93. The summed E-state index contributed by atoms with van der Waals surface area (Å²) >= 11 is 0. The number of carbonyl (C=O) groups is 3. The van der Waals surface area contributed by atoms with Gasteiger partial charge in [0.2, 0.25) is 11.8 Å². The van der Waals surface area contributed by atoms with E-state index in [0.29, 0.717) is 18.5 Å². The molecule has 0 saturated heterocycles. The fourth-order valence-corrected chi connectivity index (χ4v) is 2.93. The highest BCUT2D eigenvalue weighted by Crippen LogP contribution is 2.24. The molecular weight excluding hydrogens is 330 g/mol. The number of nitrogens with one attached hydrogen (secondary N) is 1. The molecule has 0 spiro atoms. The Hall–Kier alpha value is -3.02. The first-order chi connectivity index (χ1) is 12.5. The number of rotatable bonds is 7. The number of fused-ring (bicyclic) bond motifs is 1. The molecule has 2 heterocycles. The van der Waals surface area contributed by atoms with Crippen LogP contribution in [0.15, 0.2) is 42.7 Å². The molecule has 0 saturated carbocycles. The summed E-state index contributed by atoms with van der Waals surface area (Å²) in [4.78, 5) is 41.6. The lowest BCUT2D eigenvalue weighted by Crippen LogP contribution is -2.29. The number of likely N-dealkylation sites (N-methyl/N-ethyl adjacent to an activating group) is 1. The van der Waals surface area contributed by atoms with E-state index in [-0.39, 0.29) is 30.4 Å². The van der Waals surface area contributed by atoms with Crippen molar-refractivity contribution in [1.82, 2.24) is 9.88 Å². The lowest BCUT2D eigenvalue weighted by molar-refractivity contribution is -0.129. The number of nitrogens with zero attached hydrogens (tertiary/aromatic N) is 2. The van der Waals surface area contributed by atoms with Gasteiger partial charge in [0.05, 0.1) is 6.42 Å². The van der Waals surface area contributed by atoms with Crippen LogP contribution >= 0.6 is 0 Å². The van der Waals surface area contributed by atoms with E-state index in [1.165, 1.54) is 0 Å². The van der Waals surface area contributed by atoms with E-state index in [2.05, 4.69) is 10.3 Å². The van der Waals surface area contributed by atoms with Gasteiger partial charge in [-0.25, -0.2) is 0 Å². The molecule has 1 aromatic carbocycles. The van der Waals surface area contributed by atoms with Gasteiger partial charge in [0.25, 0.3) is 0 Å². The average Bonchev–Trinajstić information content (AvgIpc) is 3.03. The first-order valence-electron chi connectivity index (χ1n) is 8.62. The highest BCUT2D eigenvalue weighted by atomic mass is 16.2. The minimum atomic E-state index is -0.0805. The molecule has 0 atom stereocenters. The minimum Gasteiger partial charge on any atom is -0.345 e. The summed E-state index contributed by atoms with van der Waals surface area (Å²) in [5, 5.41) is 2.74. The van der Waals surface area contributed by atoms with E-state index >= 15 is 0 Å². The first-order valence-corrected chi connectivity index (χ1v) is 8.62. The van der Waals surface area contributed by atoms with Crippen LogP contribution in [0.25, 0.3) is 0 Å². The maximum atomic E-state index is 12.3. The van der Waals surface area contributed by atoms with Crippen LogP contribution in [-0.4, -0.2) is 41.1 Å². The van der Waals surface area contributed by atoms with Crippen molar-refractivity contribution in [3.8, 4) is 0 Å². The molecule has 26 heavy (non-hydrogen) atoms. The highest BCUT2D eigenvalue weighted by molar-refractivity contribution is 6.02. The largest absolute Gasteiger partial charge is 0.345 e. The van der Waals surface area contributed by atoms with Gasteiger partial charge in [-0.1, -0.05) is 0 Å². The third kappa shape index (κ3) is 4.33. The quantitative estimate of drug-likeness (QED) is 0.776. The molecule has 1 aliphatic heterocycles. The molecule has 134 valence electrons. The Kier molecular flexibility index (Phi) is 5.41. The third-order valence-corrected chi connectivity index (χ3v) is 4.53. The molecule has 1 aliphatic rings. The van der Waals surface area contributed by atoms with Gasteiger partial charge >= 0.3 is 0 Å². The Morgan fingerprint density at radius 1 is 1.15 bits per heavy atom. The van der Waals surface area contributed by atoms with Crippen LogP contribution < -0.4 is 5.32 Å². The topological polar surface area (TPSA) is 79.4 Å². The maximum absolute atomic E-state index is 12.3. The Bertz CT molecular complexity index is 833. The summed E-state index contributed by atoms with van der Waals surface area (Å²) in [7, 11) is 1.75. The molecule has 0 radical (unpaired) electrons. The number of anilines is 1. The van der Waals surface area contributed by atoms with Crippen LogP contribution in [-0.2, 0) is 22.4 Å². The minimum absolute atomic E-state index is 0.0505. The summed E-state index contributed by atoms with van der Waals surface area (Å²) in [5.74, 6) is -0.191. The molecule has 6 heteroatoms. The van der Waals surface area contributed by atoms with Crippen LogP contribution in [0, 0.1) is 0 Å². The first kappa shape index (κ1) is 17.8. The van der Waals surface area contributed by atoms with Crippen molar-refractivity contribution < 1.29 is 14.4 Å². The van der Waals surface area contributed by atoms with Gasteiger partial charge < -0.3 is 10.2 Å². The Labute approximate surface area is 152 Å². The zero-order chi connectivity index (χ0) is 18.5. The van der Waals surface area contributed by atoms with Crippen LogP contribution in [0.3, 0.4) is 0 Å². The second-order valence-electron chi connectivity index (χ2n) is 6.44. The van der Waals surface area contributed by atoms with E-state index in [0.717, 1.165) is 23.2 Å². The van der Waals surface area contributed by atoms with Crippen LogP contribution in [0.1, 0.15) is 34.3 Å². The van der Waals surface area contributed by atoms with Gasteiger partial charge in [0, 0.05) is 50.1 Å². The summed E-state index contributed by atoms with van der Waals surface area (Å²) in [6, 6.07) is 9.04. The molecule has 3 rings (SSSR count). The number of aromatic nitrogens is 1. The monoisotopic (exact) mass is 351 g/mol. The van der Waals surface area contributed by atoms with Crippen molar-refractivity contribution in [2.75, 3.05) is 18.9 Å². The summed E-state index contributed by atoms with van der Waals surface area (Å²) < 4.78 is 0. The van der Waals surface area contributed by atoms with Gasteiger partial charge in [-0.15, -0.1) is 0 Å². The molecule has 1 aromatic heterocycles. The van der Waals surface area contributed by atoms with Crippen LogP contribution in [0.5, 0.6) is 0 Å². The standard InChI is InChI=1S/C20H21N3O3/c1-23(11-8-14-6-9-21-10-7-14)20(26)5-4-18(24)15-2-3-17-16(12-15)13-19(25)22-17/h2-3,6-7,9-10,12H,4-5,8,11,13H2,1H3,(H,22,25). The molecule has 0 fully saturated rings. The predicted molar refractivity (Wildman–Crippen MR) is 97.9 cm³/mol. The molecule has 1 N–H and O–H groups in total. The molecule has 2 aromatic rings. The lowest BCUT2D eigenvalue weighted by Gasteiger charge is -2.17. The van der Waals surface area contributed by atoms with Gasteiger partial charge in [-0.3, -0.25) is 19.4 Å². The molecule has 6 nitrogen and oxygen atoms in total. The number of hydrogen-bond donors (Lipinski definition) is 1. The number of pyridine rings is 1. The van der Waals surface area contributed by atoms with Crippen molar-refractivity contribution >= 4 is 23.3 Å².